The maximum absolute atomic E-state index is 3.80. The molecule has 1 heterocycles. The Morgan fingerprint density at radius 1 is 1.58 bits per heavy atom. The molecule has 0 aliphatic carbocycles. The first kappa shape index (κ1) is 9.79. The average molecular weight is 167 g/mol. The molecule has 0 N–H and O–H groups in total. The van der Waals surface area contributed by atoms with Crippen LogP contribution in [0.3, 0.4) is 0 Å². The lowest BCUT2D eigenvalue weighted by Gasteiger charge is -2.22. The molecule has 12 heavy (non-hydrogen) atoms. The summed E-state index contributed by atoms with van der Waals surface area (Å²) in [6, 6.07) is 0.864. The Labute approximate surface area is 76.5 Å². The van der Waals surface area contributed by atoms with Gasteiger partial charge in [0.15, 0.2) is 0 Å². The minimum absolute atomic E-state index is 0.864. The van der Waals surface area contributed by atoms with E-state index in [4.69, 9.17) is 0 Å². The molecule has 1 fully saturated rings. The number of hydrogen-bond acceptors (Lipinski definition) is 1. The van der Waals surface area contributed by atoms with Gasteiger partial charge in [-0.05, 0) is 25.8 Å². The average Bonchev–Trinajstić information content (AvgIpc) is 2.50. The molecule has 0 aromatic heterocycles. The second-order valence-electron chi connectivity index (χ2n) is 3.72. The van der Waals surface area contributed by atoms with Crippen LogP contribution in [-0.2, 0) is 0 Å². The highest BCUT2D eigenvalue weighted by atomic mass is 15.2. The summed E-state index contributed by atoms with van der Waals surface area (Å²) in [7, 11) is 0. The van der Waals surface area contributed by atoms with Gasteiger partial charge >= 0.3 is 0 Å². The second kappa shape index (κ2) is 5.36. The van der Waals surface area contributed by atoms with Crippen LogP contribution in [0.5, 0.6) is 0 Å². The molecular formula is C11H21N. The van der Waals surface area contributed by atoms with E-state index in [2.05, 4.69) is 18.4 Å². The monoisotopic (exact) mass is 167 g/mol. The zero-order valence-corrected chi connectivity index (χ0v) is 8.26. The minimum atomic E-state index is 0.864. The summed E-state index contributed by atoms with van der Waals surface area (Å²) in [6.07, 6.45) is 8.95. The van der Waals surface area contributed by atoms with Gasteiger partial charge in [0.25, 0.3) is 0 Å². The van der Waals surface area contributed by atoms with Crippen molar-refractivity contribution < 1.29 is 0 Å². The summed E-state index contributed by atoms with van der Waals surface area (Å²) in [6.45, 7) is 8.45. The first-order valence-electron chi connectivity index (χ1n) is 5.23. The van der Waals surface area contributed by atoms with Crippen molar-refractivity contribution in [3.05, 3.63) is 12.7 Å². The molecule has 0 saturated carbocycles. The molecule has 1 nitrogen and oxygen atoms in total. The Morgan fingerprint density at radius 3 is 3.08 bits per heavy atom. The van der Waals surface area contributed by atoms with Gasteiger partial charge in [0, 0.05) is 12.6 Å². The first-order valence-corrected chi connectivity index (χ1v) is 5.23. The highest BCUT2D eigenvalue weighted by molar-refractivity contribution is 4.84. The third-order valence-corrected chi connectivity index (χ3v) is 2.75. The standard InChI is InChI=1S/C11H21N/c1-3-5-7-11-8-6-10-12(11)9-4-2/h4,11H,2-3,5-10H2,1H3. The molecule has 1 rings (SSSR count). The van der Waals surface area contributed by atoms with Crippen LogP contribution in [0.1, 0.15) is 39.0 Å². The lowest BCUT2D eigenvalue weighted by Crippen LogP contribution is -2.29. The fourth-order valence-electron chi connectivity index (χ4n) is 2.07. The van der Waals surface area contributed by atoms with Crippen molar-refractivity contribution >= 4 is 0 Å². The van der Waals surface area contributed by atoms with Crippen molar-refractivity contribution in [1.29, 1.82) is 0 Å². The molecule has 0 aromatic carbocycles. The molecule has 1 unspecified atom stereocenters. The van der Waals surface area contributed by atoms with Gasteiger partial charge in [-0.3, -0.25) is 4.90 Å². The maximum atomic E-state index is 3.80. The molecule has 1 saturated heterocycles. The normalized spacial score (nSPS) is 24.6. The molecule has 1 aliphatic rings. The van der Waals surface area contributed by atoms with Gasteiger partial charge in [0.05, 0.1) is 0 Å². The first-order chi connectivity index (χ1) is 5.88. The Kier molecular flexibility index (Phi) is 4.37. The van der Waals surface area contributed by atoms with Gasteiger partial charge in [-0.25, -0.2) is 0 Å². The molecule has 1 aliphatic heterocycles. The quantitative estimate of drug-likeness (QED) is 0.569. The van der Waals surface area contributed by atoms with Crippen LogP contribution < -0.4 is 0 Å². The fourth-order valence-corrected chi connectivity index (χ4v) is 2.07. The summed E-state index contributed by atoms with van der Waals surface area (Å²) in [5.74, 6) is 0. The van der Waals surface area contributed by atoms with E-state index in [1.807, 2.05) is 6.08 Å². The summed E-state index contributed by atoms with van der Waals surface area (Å²) in [5, 5.41) is 0. The van der Waals surface area contributed by atoms with Gasteiger partial charge in [0.2, 0.25) is 0 Å². The zero-order chi connectivity index (χ0) is 8.81. The van der Waals surface area contributed by atoms with Crippen molar-refractivity contribution in [1.82, 2.24) is 4.90 Å². The topological polar surface area (TPSA) is 3.24 Å². The van der Waals surface area contributed by atoms with Crippen LogP contribution in [-0.4, -0.2) is 24.0 Å². The van der Waals surface area contributed by atoms with Gasteiger partial charge in [-0.15, -0.1) is 6.58 Å². The highest BCUT2D eigenvalue weighted by Crippen LogP contribution is 2.21. The summed E-state index contributed by atoms with van der Waals surface area (Å²) in [4.78, 5) is 2.57. The molecular weight excluding hydrogens is 146 g/mol. The number of unbranched alkanes of at least 4 members (excludes halogenated alkanes) is 1. The Balaban J connectivity index is 2.25. The Morgan fingerprint density at radius 2 is 2.42 bits per heavy atom. The minimum Gasteiger partial charge on any atom is -0.297 e. The molecule has 0 amide bonds. The summed E-state index contributed by atoms with van der Waals surface area (Å²) < 4.78 is 0. The number of rotatable bonds is 5. The largest absolute Gasteiger partial charge is 0.297 e. The molecule has 70 valence electrons. The molecule has 0 bridgehead atoms. The second-order valence-corrected chi connectivity index (χ2v) is 3.72. The Hall–Kier alpha value is -0.300. The van der Waals surface area contributed by atoms with E-state index in [0.717, 1.165) is 12.6 Å². The fraction of sp³-hybridized carbons (Fsp3) is 0.818. The molecule has 0 aromatic rings. The van der Waals surface area contributed by atoms with Crippen LogP contribution in [0, 0.1) is 0 Å². The lowest BCUT2D eigenvalue weighted by molar-refractivity contribution is 0.264. The summed E-state index contributed by atoms with van der Waals surface area (Å²) in [5.41, 5.74) is 0. The van der Waals surface area contributed by atoms with E-state index in [0.29, 0.717) is 0 Å². The predicted octanol–water partition coefficient (Wildman–Crippen LogP) is 2.83. The number of hydrogen-bond donors (Lipinski definition) is 0. The van der Waals surface area contributed by atoms with Crippen molar-refractivity contribution in [2.45, 2.75) is 45.1 Å². The van der Waals surface area contributed by atoms with E-state index < -0.39 is 0 Å². The predicted molar refractivity (Wildman–Crippen MR) is 54.3 cm³/mol. The maximum Gasteiger partial charge on any atom is 0.0163 e. The van der Waals surface area contributed by atoms with Gasteiger partial charge < -0.3 is 0 Å². The zero-order valence-electron chi connectivity index (χ0n) is 8.26. The van der Waals surface area contributed by atoms with Gasteiger partial charge in [-0.2, -0.15) is 0 Å². The lowest BCUT2D eigenvalue weighted by atomic mass is 10.1. The van der Waals surface area contributed by atoms with E-state index in [1.54, 1.807) is 0 Å². The van der Waals surface area contributed by atoms with Crippen molar-refractivity contribution in [2.75, 3.05) is 13.1 Å². The Bertz CT molecular complexity index is 131. The van der Waals surface area contributed by atoms with Crippen molar-refractivity contribution in [3.63, 3.8) is 0 Å². The smallest absolute Gasteiger partial charge is 0.0163 e. The van der Waals surface area contributed by atoms with E-state index >= 15 is 0 Å². The van der Waals surface area contributed by atoms with Gasteiger partial charge in [0.1, 0.15) is 0 Å². The number of nitrogens with zero attached hydrogens (tertiary/aromatic N) is 1. The molecule has 1 atom stereocenters. The molecule has 1 heteroatoms. The van der Waals surface area contributed by atoms with Crippen LogP contribution in [0.2, 0.25) is 0 Å². The van der Waals surface area contributed by atoms with Crippen LogP contribution in [0.4, 0.5) is 0 Å². The third kappa shape index (κ3) is 2.63. The molecule has 0 radical (unpaired) electrons. The molecule has 0 spiro atoms. The van der Waals surface area contributed by atoms with Crippen LogP contribution >= 0.6 is 0 Å². The van der Waals surface area contributed by atoms with Gasteiger partial charge in [-0.1, -0.05) is 25.8 Å². The third-order valence-electron chi connectivity index (χ3n) is 2.75. The van der Waals surface area contributed by atoms with Crippen molar-refractivity contribution in [2.24, 2.45) is 0 Å². The van der Waals surface area contributed by atoms with E-state index in [-0.39, 0.29) is 0 Å². The van der Waals surface area contributed by atoms with Crippen molar-refractivity contribution in [3.8, 4) is 0 Å². The SMILES string of the molecule is C=CCN1CCCC1CCCC. The highest BCUT2D eigenvalue weighted by Gasteiger charge is 2.21. The summed E-state index contributed by atoms with van der Waals surface area (Å²) >= 11 is 0. The van der Waals surface area contributed by atoms with E-state index in [1.165, 1.54) is 38.6 Å². The number of likely N-dealkylation sites (tertiary alicyclic amines) is 1. The van der Waals surface area contributed by atoms with E-state index in [9.17, 15) is 0 Å². The van der Waals surface area contributed by atoms with Crippen LogP contribution in [0.25, 0.3) is 0 Å². The van der Waals surface area contributed by atoms with Crippen LogP contribution in [0.15, 0.2) is 12.7 Å².